The van der Waals surface area contributed by atoms with E-state index in [0.717, 1.165) is 5.56 Å². The number of benzene rings is 2. The van der Waals surface area contributed by atoms with E-state index in [1.165, 1.54) is 0 Å². The van der Waals surface area contributed by atoms with Crippen LogP contribution in [-0.4, -0.2) is 22.9 Å². The number of hydrogen-bond acceptors (Lipinski definition) is 3. The van der Waals surface area contributed by atoms with Crippen molar-refractivity contribution >= 4 is 45.8 Å². The number of nitrogens with zero attached hydrogens (tertiary/aromatic N) is 1. The number of alkyl halides is 1. The number of rotatable bonds is 5. The first-order valence-corrected chi connectivity index (χ1v) is 8.15. The van der Waals surface area contributed by atoms with E-state index in [-0.39, 0.29) is 11.4 Å². The molecule has 25 heavy (non-hydrogen) atoms. The van der Waals surface area contributed by atoms with Crippen LogP contribution in [0, 0.1) is 0 Å². The summed E-state index contributed by atoms with van der Waals surface area (Å²) in [5, 5.41) is 13.6. The lowest BCUT2D eigenvalue weighted by molar-refractivity contribution is 0.0692. The molecule has 1 heterocycles. The van der Waals surface area contributed by atoms with Gasteiger partial charge in [0.15, 0.2) is 12.5 Å². The number of nitrogens with one attached hydrogen (secondary N) is 1. The minimum Gasteiger partial charge on any atom is -0.476 e. The maximum absolute atomic E-state index is 13.0. The van der Waals surface area contributed by atoms with Crippen molar-refractivity contribution in [3.63, 3.8) is 0 Å². The van der Waals surface area contributed by atoms with Gasteiger partial charge < -0.3 is 10.4 Å². The first-order valence-electron chi connectivity index (χ1n) is 7.40. The summed E-state index contributed by atoms with van der Waals surface area (Å²) in [5.41, 5.74) is 1.72. The highest BCUT2D eigenvalue weighted by Gasteiger charge is 2.20. The largest absolute Gasteiger partial charge is 0.476 e. The summed E-state index contributed by atoms with van der Waals surface area (Å²) in [7, 11) is 0. The van der Waals surface area contributed by atoms with E-state index in [4.69, 9.17) is 23.2 Å². The Bertz CT molecular complexity index is 963. The smallest absolute Gasteiger partial charge is 0.356 e. The van der Waals surface area contributed by atoms with Gasteiger partial charge in [-0.2, -0.15) is 0 Å². The molecule has 0 amide bonds. The minimum atomic E-state index is -1.24. The number of aromatic carboxylic acids is 1. The van der Waals surface area contributed by atoms with E-state index in [2.05, 4.69) is 10.3 Å². The average Bonchev–Trinajstić information content (AvgIpc) is 2.58. The summed E-state index contributed by atoms with van der Waals surface area (Å²) >= 11 is 12.3. The lowest BCUT2D eigenvalue weighted by Crippen LogP contribution is -2.12. The van der Waals surface area contributed by atoms with Gasteiger partial charge in [0.1, 0.15) is 0 Å². The number of pyridine rings is 1. The molecule has 1 aromatic heterocycles. The third kappa shape index (κ3) is 3.52. The van der Waals surface area contributed by atoms with E-state index in [9.17, 15) is 14.3 Å². The first-order chi connectivity index (χ1) is 12.0. The second kappa shape index (κ2) is 7.25. The Morgan fingerprint density at radius 1 is 1.20 bits per heavy atom. The monoisotopic (exact) mass is 378 g/mol. The lowest BCUT2D eigenvalue weighted by Gasteiger charge is -2.16. The molecule has 0 radical (unpaired) electrons. The fraction of sp³-hybridized carbons (Fsp3) is 0.111. The van der Waals surface area contributed by atoms with Crippen LogP contribution >= 0.6 is 23.2 Å². The van der Waals surface area contributed by atoms with Crippen molar-refractivity contribution in [3.8, 4) is 0 Å². The number of halogens is 3. The van der Waals surface area contributed by atoms with Crippen molar-refractivity contribution in [2.24, 2.45) is 0 Å². The summed E-state index contributed by atoms with van der Waals surface area (Å²) in [4.78, 5) is 15.7. The Morgan fingerprint density at radius 3 is 2.64 bits per heavy atom. The SMILES string of the molecule is O=C(O)c1nc2ccc(Cl)cc2c(Cc2ccccc2Cl)c1NCF. The first kappa shape index (κ1) is 17.5. The summed E-state index contributed by atoms with van der Waals surface area (Å²) in [6.07, 6.45) is 0.307. The minimum absolute atomic E-state index is 0.129. The number of carboxylic acids is 1. The van der Waals surface area contributed by atoms with Gasteiger partial charge in [0.05, 0.1) is 11.2 Å². The summed E-state index contributed by atoms with van der Waals surface area (Å²) < 4.78 is 13.0. The van der Waals surface area contributed by atoms with Crippen molar-refractivity contribution < 1.29 is 14.3 Å². The molecule has 0 saturated carbocycles. The summed E-state index contributed by atoms with van der Waals surface area (Å²) in [6.45, 7) is -0.927. The van der Waals surface area contributed by atoms with Crippen LogP contribution in [0.15, 0.2) is 42.5 Å². The molecule has 0 saturated heterocycles. The van der Waals surface area contributed by atoms with Gasteiger partial charge in [-0.15, -0.1) is 0 Å². The van der Waals surface area contributed by atoms with Crippen LogP contribution < -0.4 is 5.32 Å². The van der Waals surface area contributed by atoms with Gasteiger partial charge in [-0.3, -0.25) is 0 Å². The highest BCUT2D eigenvalue weighted by atomic mass is 35.5. The van der Waals surface area contributed by atoms with Crippen LogP contribution in [0.3, 0.4) is 0 Å². The van der Waals surface area contributed by atoms with E-state index >= 15 is 0 Å². The fourth-order valence-corrected chi connectivity index (χ4v) is 3.10. The van der Waals surface area contributed by atoms with Crippen LogP contribution in [0.5, 0.6) is 0 Å². The zero-order valence-corrected chi connectivity index (χ0v) is 14.4. The van der Waals surface area contributed by atoms with E-state index in [1.807, 2.05) is 12.1 Å². The Balaban J connectivity index is 2.31. The molecule has 0 aliphatic rings. The molecule has 4 nitrogen and oxygen atoms in total. The standard InChI is InChI=1S/C18H13Cl2FN2O2/c19-11-5-6-15-12(8-11)13(7-10-3-1-2-4-14(10)20)16(22-9-21)17(23-15)18(24)25/h1-6,8,22H,7,9H2,(H,24,25). The molecule has 2 aromatic carbocycles. The molecular weight excluding hydrogens is 366 g/mol. The van der Waals surface area contributed by atoms with Crippen molar-refractivity contribution in [1.29, 1.82) is 0 Å². The molecule has 7 heteroatoms. The highest BCUT2D eigenvalue weighted by Crippen LogP contribution is 2.33. The van der Waals surface area contributed by atoms with Crippen LogP contribution in [-0.2, 0) is 6.42 Å². The molecule has 3 rings (SSSR count). The summed E-state index contributed by atoms with van der Waals surface area (Å²) in [5.74, 6) is -1.24. The number of anilines is 1. The maximum Gasteiger partial charge on any atom is 0.356 e. The molecule has 3 aromatic rings. The molecule has 0 bridgehead atoms. The molecule has 0 aliphatic carbocycles. The van der Waals surface area contributed by atoms with Crippen molar-refractivity contribution in [3.05, 3.63) is 69.3 Å². The van der Waals surface area contributed by atoms with Crippen LogP contribution in [0.25, 0.3) is 10.9 Å². The zero-order chi connectivity index (χ0) is 18.0. The summed E-state index contributed by atoms with van der Waals surface area (Å²) in [6, 6.07) is 12.2. The van der Waals surface area contributed by atoms with Crippen molar-refractivity contribution in [1.82, 2.24) is 4.98 Å². The molecule has 0 atom stereocenters. The van der Waals surface area contributed by atoms with Gasteiger partial charge in [0.25, 0.3) is 0 Å². The third-order valence-corrected chi connectivity index (χ3v) is 4.43. The number of carbonyl (C=O) groups is 1. The Hall–Kier alpha value is -2.37. The predicted molar refractivity (Wildman–Crippen MR) is 97.6 cm³/mol. The number of aromatic nitrogens is 1. The van der Waals surface area contributed by atoms with Gasteiger partial charge in [0, 0.05) is 21.9 Å². The average molecular weight is 379 g/mol. The number of hydrogen-bond donors (Lipinski definition) is 2. The van der Waals surface area contributed by atoms with E-state index in [1.54, 1.807) is 30.3 Å². The predicted octanol–water partition coefficient (Wildman–Crippen LogP) is 5.17. The van der Waals surface area contributed by atoms with Crippen LogP contribution in [0.2, 0.25) is 10.0 Å². The number of fused-ring (bicyclic) bond motifs is 1. The van der Waals surface area contributed by atoms with E-state index in [0.29, 0.717) is 32.9 Å². The van der Waals surface area contributed by atoms with Gasteiger partial charge in [0.2, 0.25) is 0 Å². The topological polar surface area (TPSA) is 62.2 Å². The Morgan fingerprint density at radius 2 is 1.96 bits per heavy atom. The zero-order valence-electron chi connectivity index (χ0n) is 12.9. The molecule has 128 valence electrons. The maximum atomic E-state index is 13.0. The quantitative estimate of drug-likeness (QED) is 0.601. The molecule has 0 unspecified atom stereocenters. The molecular formula is C18H13Cl2FN2O2. The fourth-order valence-electron chi connectivity index (χ4n) is 2.73. The molecule has 0 aliphatic heterocycles. The normalized spacial score (nSPS) is 10.8. The third-order valence-electron chi connectivity index (χ3n) is 3.83. The van der Waals surface area contributed by atoms with Gasteiger partial charge in [-0.25, -0.2) is 14.2 Å². The molecule has 0 spiro atoms. The Labute approximate surface area is 153 Å². The van der Waals surface area contributed by atoms with Gasteiger partial charge in [-0.1, -0.05) is 41.4 Å². The van der Waals surface area contributed by atoms with Crippen LogP contribution in [0.4, 0.5) is 10.1 Å². The van der Waals surface area contributed by atoms with Gasteiger partial charge >= 0.3 is 5.97 Å². The second-order valence-corrected chi connectivity index (χ2v) is 6.20. The molecule has 2 N–H and O–H groups in total. The van der Waals surface area contributed by atoms with Crippen molar-refractivity contribution in [2.45, 2.75) is 6.42 Å². The van der Waals surface area contributed by atoms with Crippen molar-refractivity contribution in [2.75, 3.05) is 12.1 Å². The second-order valence-electron chi connectivity index (χ2n) is 5.36. The van der Waals surface area contributed by atoms with Crippen LogP contribution in [0.1, 0.15) is 21.6 Å². The van der Waals surface area contributed by atoms with E-state index < -0.39 is 12.8 Å². The van der Waals surface area contributed by atoms with Gasteiger partial charge in [-0.05, 0) is 35.4 Å². The lowest BCUT2D eigenvalue weighted by atomic mass is 9.97. The molecule has 0 fully saturated rings. The highest BCUT2D eigenvalue weighted by molar-refractivity contribution is 6.31. The number of carboxylic acid groups (broad SMARTS) is 1. The Kier molecular flexibility index (Phi) is 5.06.